The molecule has 0 amide bonds. The van der Waals surface area contributed by atoms with Crippen LogP contribution in [0.15, 0.2) is 36.5 Å². The van der Waals surface area contributed by atoms with Crippen LogP contribution in [0.5, 0.6) is 0 Å². The summed E-state index contributed by atoms with van der Waals surface area (Å²) in [5.74, 6) is -1.59. The van der Waals surface area contributed by atoms with E-state index in [0.29, 0.717) is 19.3 Å². The molecule has 0 aromatic heterocycles. The first-order valence-electron chi connectivity index (χ1n) is 32.3. The van der Waals surface area contributed by atoms with Crippen LogP contribution in [0.3, 0.4) is 0 Å². The lowest BCUT2D eigenvalue weighted by atomic mass is 10.1. The van der Waals surface area contributed by atoms with Gasteiger partial charge in [-0.15, -0.1) is 0 Å². The van der Waals surface area contributed by atoms with E-state index in [1.807, 2.05) is 0 Å². The molecule has 81 heavy (non-hydrogen) atoms. The van der Waals surface area contributed by atoms with Gasteiger partial charge < -0.3 is 34.2 Å². The van der Waals surface area contributed by atoms with Crippen LogP contribution in [0, 0.1) is 0 Å². The third kappa shape index (κ3) is 59.3. The summed E-state index contributed by atoms with van der Waals surface area (Å²) in [6.07, 6.45) is 53.4. The van der Waals surface area contributed by atoms with E-state index in [4.69, 9.17) is 32.3 Å². The van der Waals surface area contributed by atoms with Gasteiger partial charge in [-0.2, -0.15) is 0 Å². The number of carbonyl (C=O) groups excluding carboxylic acids is 3. The van der Waals surface area contributed by atoms with Crippen molar-refractivity contribution in [3.63, 3.8) is 0 Å². The van der Waals surface area contributed by atoms with E-state index in [2.05, 4.69) is 57.2 Å². The van der Waals surface area contributed by atoms with Crippen LogP contribution in [-0.4, -0.2) is 95.9 Å². The molecule has 5 atom stereocenters. The highest BCUT2D eigenvalue weighted by Crippen LogP contribution is 2.45. The molecule has 16 nitrogen and oxygen atoms in total. The number of phosphoric ester groups is 2. The molecule has 0 heterocycles. The number of phosphoric acid groups is 2. The second-order valence-electron chi connectivity index (χ2n) is 21.9. The van der Waals surface area contributed by atoms with Crippen molar-refractivity contribution in [2.24, 2.45) is 0 Å². The molecule has 0 saturated heterocycles. The topological polar surface area (TPSA) is 231 Å². The normalized spacial score (nSPS) is 14.6. The standard InChI is InChI=1S/C63H118O16P2/c1-4-7-10-13-16-19-22-25-28-31-34-37-40-43-46-49-61(66)73-52-58(64)53-75-80(69,70)76-54-59(65)55-77-81(71,72)78-57-60(79-63(68)51-48-45-42-39-36-33-30-27-24-21-18-15-12-9-6-3)56-74-62(67)50-47-44-41-38-35-32-29-26-23-20-17-14-11-8-5-2/h25-30,58-60,64-65H,4-24,31-57H2,1-3H3,(H,69,70)(H,71,72)/b28-25-,29-26-,30-27-. The van der Waals surface area contributed by atoms with Crippen LogP contribution in [0.1, 0.15) is 290 Å². The van der Waals surface area contributed by atoms with Crippen molar-refractivity contribution in [1.82, 2.24) is 0 Å². The second-order valence-corrected chi connectivity index (χ2v) is 24.8. The first-order valence-corrected chi connectivity index (χ1v) is 35.3. The Labute approximate surface area is 492 Å². The van der Waals surface area contributed by atoms with Gasteiger partial charge in [0.1, 0.15) is 25.4 Å². The van der Waals surface area contributed by atoms with Gasteiger partial charge in [-0.25, -0.2) is 9.13 Å². The van der Waals surface area contributed by atoms with Crippen LogP contribution >= 0.6 is 15.6 Å². The van der Waals surface area contributed by atoms with Crippen LogP contribution in [-0.2, 0) is 55.8 Å². The lowest BCUT2D eigenvalue weighted by Crippen LogP contribution is -2.30. The quantitative estimate of drug-likeness (QED) is 0.0146. The summed E-state index contributed by atoms with van der Waals surface area (Å²) in [6, 6.07) is 0. The van der Waals surface area contributed by atoms with Crippen molar-refractivity contribution in [2.45, 2.75) is 309 Å². The lowest BCUT2D eigenvalue weighted by molar-refractivity contribution is -0.161. The number of hydrogen-bond acceptors (Lipinski definition) is 14. The van der Waals surface area contributed by atoms with Gasteiger partial charge in [0.15, 0.2) is 6.10 Å². The number of aliphatic hydroxyl groups is 2. The highest BCUT2D eigenvalue weighted by Gasteiger charge is 2.29. The Bertz CT molecular complexity index is 1640. The zero-order chi connectivity index (χ0) is 59.6. The fourth-order valence-electron chi connectivity index (χ4n) is 8.79. The lowest BCUT2D eigenvalue weighted by Gasteiger charge is -2.21. The average molecular weight is 1190 g/mol. The molecule has 0 fully saturated rings. The van der Waals surface area contributed by atoms with Gasteiger partial charge in [-0.1, -0.05) is 211 Å². The Morgan fingerprint density at radius 3 is 0.901 bits per heavy atom. The van der Waals surface area contributed by atoms with E-state index < -0.39 is 91.5 Å². The molecule has 4 N–H and O–H groups in total. The minimum atomic E-state index is -4.92. The van der Waals surface area contributed by atoms with Gasteiger partial charge in [0.2, 0.25) is 0 Å². The Kier molecular flexibility index (Phi) is 56.6. The molecule has 0 aromatic carbocycles. The molecule has 476 valence electrons. The third-order valence-electron chi connectivity index (χ3n) is 13.8. The molecule has 18 heteroatoms. The summed E-state index contributed by atoms with van der Waals surface area (Å²) in [6.45, 7) is 2.65. The molecular formula is C63H118O16P2. The molecule has 0 radical (unpaired) electrons. The van der Waals surface area contributed by atoms with E-state index in [-0.39, 0.29) is 19.3 Å². The summed E-state index contributed by atoms with van der Waals surface area (Å²) in [7, 11) is -9.76. The number of aliphatic hydroxyl groups excluding tert-OH is 2. The molecular weight excluding hydrogens is 1070 g/mol. The number of hydrogen-bond donors (Lipinski definition) is 4. The van der Waals surface area contributed by atoms with Crippen molar-refractivity contribution in [1.29, 1.82) is 0 Å². The maximum atomic E-state index is 12.9. The first kappa shape index (κ1) is 78.8. The number of rotatable bonds is 62. The summed E-state index contributed by atoms with van der Waals surface area (Å²) in [4.78, 5) is 58.2. The van der Waals surface area contributed by atoms with E-state index in [1.54, 1.807) is 0 Å². The summed E-state index contributed by atoms with van der Waals surface area (Å²) >= 11 is 0. The Balaban J connectivity index is 4.71. The SMILES string of the molecule is CCCCCCCC/C=C\CCCCCCCC(=O)OCC(O)COP(=O)(O)OCC(O)COP(=O)(O)OCC(COC(=O)CCCCCCC/C=C\CCCCCCCC)OC(=O)CCCCCCC/C=C\CCCCCCCC. The number of unbranched alkanes of at least 4 members (excludes halogenated alkanes) is 33. The maximum absolute atomic E-state index is 12.9. The van der Waals surface area contributed by atoms with Gasteiger partial charge in [-0.3, -0.25) is 32.5 Å². The molecule has 5 unspecified atom stereocenters. The van der Waals surface area contributed by atoms with E-state index >= 15 is 0 Å². The van der Waals surface area contributed by atoms with Crippen molar-refractivity contribution in [2.75, 3.05) is 39.6 Å². The van der Waals surface area contributed by atoms with Crippen LogP contribution < -0.4 is 0 Å². The number of ether oxygens (including phenoxy) is 3. The molecule has 0 spiro atoms. The number of carbonyl (C=O) groups is 3. The number of esters is 3. The maximum Gasteiger partial charge on any atom is 0.472 e. The predicted octanol–water partition coefficient (Wildman–Crippen LogP) is 17.1. The van der Waals surface area contributed by atoms with E-state index in [1.165, 1.54) is 116 Å². The molecule has 0 aliphatic carbocycles. The molecule has 0 rings (SSSR count). The highest BCUT2D eigenvalue weighted by atomic mass is 31.2. The zero-order valence-electron chi connectivity index (χ0n) is 51.2. The minimum absolute atomic E-state index is 0.0973. The predicted molar refractivity (Wildman–Crippen MR) is 326 cm³/mol. The van der Waals surface area contributed by atoms with Gasteiger partial charge in [0.25, 0.3) is 0 Å². The van der Waals surface area contributed by atoms with E-state index in [9.17, 15) is 43.5 Å². The van der Waals surface area contributed by atoms with E-state index in [0.717, 1.165) is 116 Å². The zero-order valence-corrected chi connectivity index (χ0v) is 53.0. The summed E-state index contributed by atoms with van der Waals surface area (Å²) in [5.41, 5.74) is 0. The smallest absolute Gasteiger partial charge is 0.463 e. The average Bonchev–Trinajstić information content (AvgIpc) is 3.45. The molecule has 0 aliphatic heterocycles. The minimum Gasteiger partial charge on any atom is -0.463 e. The van der Waals surface area contributed by atoms with Crippen LogP contribution in [0.25, 0.3) is 0 Å². The van der Waals surface area contributed by atoms with Crippen LogP contribution in [0.4, 0.5) is 0 Å². The fourth-order valence-corrected chi connectivity index (χ4v) is 10.4. The largest absolute Gasteiger partial charge is 0.472 e. The van der Waals surface area contributed by atoms with Crippen molar-refractivity contribution < 1.29 is 75.8 Å². The third-order valence-corrected chi connectivity index (χ3v) is 15.7. The second kappa shape index (κ2) is 58.2. The van der Waals surface area contributed by atoms with Crippen molar-refractivity contribution in [3.8, 4) is 0 Å². The molecule has 0 aromatic rings. The molecule has 0 saturated carbocycles. The van der Waals surface area contributed by atoms with Gasteiger partial charge in [-0.05, 0) is 96.3 Å². The molecule has 0 aliphatic rings. The number of allylic oxidation sites excluding steroid dienone is 6. The monoisotopic (exact) mass is 1190 g/mol. The van der Waals surface area contributed by atoms with Crippen LogP contribution in [0.2, 0.25) is 0 Å². The van der Waals surface area contributed by atoms with Crippen molar-refractivity contribution >= 4 is 33.6 Å². The molecule has 0 bridgehead atoms. The summed E-state index contributed by atoms with van der Waals surface area (Å²) in [5, 5.41) is 20.5. The fraction of sp³-hybridized carbons (Fsp3) is 0.857. The van der Waals surface area contributed by atoms with Gasteiger partial charge >= 0.3 is 33.6 Å². The first-order chi connectivity index (χ1) is 39.2. The summed E-state index contributed by atoms with van der Waals surface area (Å²) < 4.78 is 60.7. The van der Waals surface area contributed by atoms with Crippen molar-refractivity contribution in [3.05, 3.63) is 36.5 Å². The highest BCUT2D eigenvalue weighted by molar-refractivity contribution is 7.47. The Hall–Kier alpha value is -2.23. The Morgan fingerprint density at radius 1 is 0.333 bits per heavy atom. The van der Waals surface area contributed by atoms with Gasteiger partial charge in [0, 0.05) is 19.3 Å². The van der Waals surface area contributed by atoms with Gasteiger partial charge in [0.05, 0.1) is 26.4 Å². The Morgan fingerprint density at radius 2 is 0.580 bits per heavy atom.